The number of ether oxygens (including phenoxy) is 1. The first kappa shape index (κ1) is 23.6. The van der Waals surface area contributed by atoms with Gasteiger partial charge in [-0.15, -0.1) is 0 Å². The van der Waals surface area contributed by atoms with Crippen molar-refractivity contribution in [2.24, 2.45) is 5.41 Å². The quantitative estimate of drug-likeness (QED) is 0.611. The highest BCUT2D eigenvalue weighted by atomic mass is 16.5. The zero-order valence-corrected chi connectivity index (χ0v) is 19.9. The summed E-state index contributed by atoms with van der Waals surface area (Å²) in [6.07, 6.45) is 8.72. The fraction of sp³-hybridized carbons (Fsp3) is 0.692. The van der Waals surface area contributed by atoms with Crippen LogP contribution in [0.15, 0.2) is 24.3 Å². The van der Waals surface area contributed by atoms with E-state index in [1.165, 1.54) is 0 Å². The van der Waals surface area contributed by atoms with E-state index in [9.17, 15) is 9.59 Å². The average Bonchev–Trinajstić information content (AvgIpc) is 2.72. The Bertz CT molecular complexity index is 755. The highest BCUT2D eigenvalue weighted by Gasteiger charge is 2.36. The van der Waals surface area contributed by atoms with E-state index in [-0.39, 0.29) is 29.4 Å². The van der Waals surface area contributed by atoms with Gasteiger partial charge in [-0.05, 0) is 49.7 Å². The minimum Gasteiger partial charge on any atom is -0.487 e. The third-order valence-electron chi connectivity index (χ3n) is 6.45. The lowest BCUT2D eigenvalue weighted by Crippen LogP contribution is -2.51. The third kappa shape index (κ3) is 6.47. The molecule has 1 aliphatic carbocycles. The Morgan fingerprint density at radius 1 is 1.00 bits per heavy atom. The molecule has 0 radical (unpaired) electrons. The summed E-state index contributed by atoms with van der Waals surface area (Å²) in [5.41, 5.74) is 0.587. The van der Waals surface area contributed by atoms with Crippen molar-refractivity contribution in [3.8, 4) is 5.75 Å². The minimum absolute atomic E-state index is 0.0145. The molecule has 0 N–H and O–H groups in total. The number of carbonyl (C=O) groups is 2. The highest BCUT2D eigenvalue weighted by Crippen LogP contribution is 2.32. The van der Waals surface area contributed by atoms with E-state index >= 15 is 0 Å². The van der Waals surface area contributed by atoms with Crippen LogP contribution in [0.2, 0.25) is 0 Å². The smallest absolute Gasteiger partial charge is 0.257 e. The van der Waals surface area contributed by atoms with Crippen molar-refractivity contribution in [1.82, 2.24) is 9.80 Å². The molecule has 1 aliphatic heterocycles. The summed E-state index contributed by atoms with van der Waals surface area (Å²) in [6, 6.07) is 7.66. The predicted molar refractivity (Wildman–Crippen MR) is 124 cm³/mol. The molecule has 1 heterocycles. The van der Waals surface area contributed by atoms with Crippen LogP contribution in [0.3, 0.4) is 0 Å². The van der Waals surface area contributed by atoms with E-state index in [4.69, 9.17) is 4.74 Å². The van der Waals surface area contributed by atoms with E-state index in [0.29, 0.717) is 17.7 Å². The van der Waals surface area contributed by atoms with Gasteiger partial charge in [0.1, 0.15) is 11.9 Å². The molecule has 1 aromatic carbocycles. The van der Waals surface area contributed by atoms with Crippen LogP contribution < -0.4 is 4.74 Å². The number of hydrogen-bond acceptors (Lipinski definition) is 3. The van der Waals surface area contributed by atoms with Crippen LogP contribution in [0.5, 0.6) is 5.75 Å². The molecule has 0 saturated heterocycles. The monoisotopic (exact) mass is 428 g/mol. The summed E-state index contributed by atoms with van der Waals surface area (Å²) in [7, 11) is 1.88. The van der Waals surface area contributed by atoms with E-state index in [1.807, 2.05) is 36.2 Å². The lowest BCUT2D eigenvalue weighted by molar-refractivity contribution is -0.138. The van der Waals surface area contributed by atoms with Crippen molar-refractivity contribution < 1.29 is 14.3 Å². The Morgan fingerprint density at radius 3 is 2.42 bits per heavy atom. The van der Waals surface area contributed by atoms with Gasteiger partial charge in [0, 0.05) is 26.6 Å². The number of amides is 2. The van der Waals surface area contributed by atoms with E-state index in [1.54, 1.807) is 0 Å². The molecule has 1 aromatic rings. The number of nitrogens with zero attached hydrogens (tertiary/aromatic N) is 2. The Labute approximate surface area is 188 Å². The molecule has 1 saturated carbocycles. The molecule has 31 heavy (non-hydrogen) atoms. The van der Waals surface area contributed by atoms with Gasteiger partial charge in [-0.25, -0.2) is 0 Å². The number of fused-ring (bicyclic) bond motifs is 2. The molecule has 2 amide bonds. The Balaban J connectivity index is 1.92. The lowest BCUT2D eigenvalue weighted by atomic mass is 9.88. The van der Waals surface area contributed by atoms with Crippen molar-refractivity contribution in [3.05, 3.63) is 29.8 Å². The van der Waals surface area contributed by atoms with Gasteiger partial charge < -0.3 is 14.5 Å². The molecule has 2 atom stereocenters. The molecule has 172 valence electrons. The largest absolute Gasteiger partial charge is 0.487 e. The van der Waals surface area contributed by atoms with Crippen molar-refractivity contribution in [2.75, 3.05) is 20.1 Å². The normalized spacial score (nSPS) is 23.9. The van der Waals surface area contributed by atoms with Crippen molar-refractivity contribution in [2.45, 2.75) is 90.7 Å². The van der Waals surface area contributed by atoms with Crippen LogP contribution >= 0.6 is 0 Å². The van der Waals surface area contributed by atoms with Gasteiger partial charge in [-0.1, -0.05) is 52.2 Å². The molecular weight excluding hydrogens is 388 g/mol. The van der Waals surface area contributed by atoms with Gasteiger partial charge >= 0.3 is 0 Å². The Morgan fingerprint density at radius 2 is 1.68 bits per heavy atom. The maximum Gasteiger partial charge on any atom is 0.257 e. The highest BCUT2D eigenvalue weighted by molar-refractivity contribution is 5.96. The number of rotatable bonds is 1. The summed E-state index contributed by atoms with van der Waals surface area (Å²) in [4.78, 5) is 30.4. The summed E-state index contributed by atoms with van der Waals surface area (Å²) in [5, 5.41) is 0. The van der Waals surface area contributed by atoms with Gasteiger partial charge in [0.05, 0.1) is 11.6 Å². The topological polar surface area (TPSA) is 49.9 Å². The van der Waals surface area contributed by atoms with Crippen LogP contribution in [-0.4, -0.2) is 53.9 Å². The second kappa shape index (κ2) is 10.5. The van der Waals surface area contributed by atoms with E-state index in [2.05, 4.69) is 25.7 Å². The third-order valence-corrected chi connectivity index (χ3v) is 6.45. The van der Waals surface area contributed by atoms with Crippen LogP contribution in [-0.2, 0) is 4.79 Å². The van der Waals surface area contributed by atoms with Crippen molar-refractivity contribution in [3.63, 3.8) is 0 Å². The molecule has 1 fully saturated rings. The average molecular weight is 429 g/mol. The van der Waals surface area contributed by atoms with Crippen LogP contribution in [0.1, 0.15) is 88.9 Å². The second-order valence-electron chi connectivity index (χ2n) is 10.5. The summed E-state index contributed by atoms with van der Waals surface area (Å²) in [5.74, 6) is 0.904. The van der Waals surface area contributed by atoms with Crippen molar-refractivity contribution >= 4 is 11.8 Å². The summed E-state index contributed by atoms with van der Waals surface area (Å²) in [6.45, 7) is 7.93. The SMILES string of the molecule is CN1CCCCCCN(C(=O)CC(C)(C)C)[C@@H]2CCCC[C@@H]2Oc2ccccc2C1=O. The molecule has 0 unspecified atom stereocenters. The summed E-state index contributed by atoms with van der Waals surface area (Å²) >= 11 is 0. The van der Waals surface area contributed by atoms with Gasteiger partial charge in [-0.2, -0.15) is 0 Å². The molecule has 5 nitrogen and oxygen atoms in total. The maximum atomic E-state index is 13.4. The standard InChI is InChI=1S/C26H40N2O3/c1-26(2,3)19-24(29)28-18-12-6-5-11-17-27(4)25(30)20-13-7-9-15-22(20)31-23-16-10-8-14-21(23)28/h7,9,13,15,21,23H,5-6,8,10-12,14,16-19H2,1-4H3/t21-,23+/m1/s1. The molecule has 0 bridgehead atoms. The number of hydrogen-bond donors (Lipinski definition) is 0. The zero-order valence-electron chi connectivity index (χ0n) is 19.9. The first-order valence-corrected chi connectivity index (χ1v) is 12.1. The molecular formula is C26H40N2O3. The molecule has 3 rings (SSSR count). The van der Waals surface area contributed by atoms with Crippen molar-refractivity contribution in [1.29, 1.82) is 0 Å². The van der Waals surface area contributed by atoms with Crippen LogP contribution in [0.25, 0.3) is 0 Å². The molecule has 5 heteroatoms. The minimum atomic E-state index is -0.0696. The fourth-order valence-electron chi connectivity index (χ4n) is 4.80. The van der Waals surface area contributed by atoms with Crippen LogP contribution in [0.4, 0.5) is 0 Å². The number of carbonyl (C=O) groups excluding carboxylic acids is 2. The maximum absolute atomic E-state index is 13.4. The second-order valence-corrected chi connectivity index (χ2v) is 10.5. The van der Waals surface area contributed by atoms with Gasteiger partial charge in [0.2, 0.25) is 5.91 Å². The van der Waals surface area contributed by atoms with E-state index in [0.717, 1.165) is 64.5 Å². The van der Waals surface area contributed by atoms with Crippen LogP contribution in [0, 0.1) is 5.41 Å². The lowest BCUT2D eigenvalue weighted by Gasteiger charge is -2.41. The van der Waals surface area contributed by atoms with Gasteiger partial charge in [0.15, 0.2) is 0 Å². The fourth-order valence-corrected chi connectivity index (χ4v) is 4.80. The predicted octanol–water partition coefficient (Wildman–Crippen LogP) is 5.29. The first-order chi connectivity index (χ1) is 14.8. The van der Waals surface area contributed by atoms with E-state index < -0.39 is 0 Å². The van der Waals surface area contributed by atoms with Gasteiger partial charge in [0.25, 0.3) is 5.91 Å². The molecule has 0 aromatic heterocycles. The summed E-state index contributed by atoms with van der Waals surface area (Å²) < 4.78 is 6.53. The number of benzene rings is 1. The molecule has 0 spiro atoms. The Kier molecular flexibility index (Phi) is 8.01. The number of para-hydroxylation sites is 1. The molecule has 2 aliphatic rings. The Hall–Kier alpha value is -2.04. The first-order valence-electron chi connectivity index (χ1n) is 12.1. The van der Waals surface area contributed by atoms with Gasteiger partial charge in [-0.3, -0.25) is 9.59 Å². The zero-order chi connectivity index (χ0) is 22.4.